The summed E-state index contributed by atoms with van der Waals surface area (Å²) in [5, 5.41) is 6.42. The molecule has 1 atom stereocenters. The number of pyridine rings is 1. The van der Waals surface area contributed by atoms with E-state index in [0.29, 0.717) is 18.4 Å². The number of rotatable bonds is 6. The standard InChI is InChI=1S/C20H26N4O2/c1-15-5-10-19(21-12-15)23-20(25)14-24-11-3-4-17(13-24)22-16-6-8-18(26-2)9-7-16/h5-10,12,17,22H,3-4,11,13-14H2,1-2H3,(H,21,23,25)/t17-/m1/s1. The minimum absolute atomic E-state index is 0.0218. The Morgan fingerprint density at radius 1 is 1.27 bits per heavy atom. The zero-order valence-electron chi connectivity index (χ0n) is 15.4. The number of aromatic nitrogens is 1. The number of benzene rings is 1. The molecule has 1 amide bonds. The van der Waals surface area contributed by atoms with Crippen LogP contribution in [-0.4, -0.2) is 48.6 Å². The molecule has 1 aliphatic rings. The van der Waals surface area contributed by atoms with E-state index in [2.05, 4.69) is 20.5 Å². The summed E-state index contributed by atoms with van der Waals surface area (Å²) in [6.45, 7) is 4.15. The van der Waals surface area contributed by atoms with Crippen molar-refractivity contribution in [3.8, 4) is 5.75 Å². The third-order valence-corrected chi connectivity index (χ3v) is 4.51. The Bertz CT molecular complexity index is 716. The molecule has 6 nitrogen and oxygen atoms in total. The Kier molecular flexibility index (Phi) is 6.07. The van der Waals surface area contributed by atoms with E-state index in [9.17, 15) is 4.79 Å². The summed E-state index contributed by atoms with van der Waals surface area (Å²) in [4.78, 5) is 18.7. The highest BCUT2D eigenvalue weighted by molar-refractivity contribution is 5.91. The molecule has 138 valence electrons. The molecule has 1 aliphatic heterocycles. The molecule has 0 radical (unpaired) electrons. The second kappa shape index (κ2) is 8.67. The second-order valence-electron chi connectivity index (χ2n) is 6.72. The molecule has 0 saturated carbocycles. The Labute approximate surface area is 154 Å². The highest BCUT2D eigenvalue weighted by Crippen LogP contribution is 2.19. The van der Waals surface area contributed by atoms with E-state index in [-0.39, 0.29) is 5.91 Å². The van der Waals surface area contributed by atoms with Gasteiger partial charge in [0.25, 0.3) is 0 Å². The molecule has 0 spiro atoms. The van der Waals surface area contributed by atoms with Gasteiger partial charge in [-0.1, -0.05) is 6.07 Å². The number of nitrogens with one attached hydrogen (secondary N) is 2. The smallest absolute Gasteiger partial charge is 0.239 e. The van der Waals surface area contributed by atoms with Crippen LogP contribution in [0.3, 0.4) is 0 Å². The second-order valence-corrected chi connectivity index (χ2v) is 6.72. The average molecular weight is 354 g/mol. The van der Waals surface area contributed by atoms with Crippen molar-refractivity contribution in [2.24, 2.45) is 0 Å². The first kappa shape index (κ1) is 18.2. The summed E-state index contributed by atoms with van der Waals surface area (Å²) in [5.41, 5.74) is 2.15. The predicted molar refractivity (Wildman–Crippen MR) is 104 cm³/mol. The van der Waals surface area contributed by atoms with Crippen LogP contribution in [0, 0.1) is 6.92 Å². The number of anilines is 2. The lowest BCUT2D eigenvalue weighted by Crippen LogP contribution is -2.45. The lowest BCUT2D eigenvalue weighted by molar-refractivity contribution is -0.117. The normalized spacial score (nSPS) is 17.5. The highest BCUT2D eigenvalue weighted by Gasteiger charge is 2.21. The average Bonchev–Trinajstić information content (AvgIpc) is 2.64. The van der Waals surface area contributed by atoms with Crippen LogP contribution in [0.15, 0.2) is 42.6 Å². The molecule has 0 aliphatic carbocycles. The molecule has 2 heterocycles. The zero-order chi connectivity index (χ0) is 18.4. The lowest BCUT2D eigenvalue weighted by atomic mass is 10.1. The van der Waals surface area contributed by atoms with Crippen LogP contribution in [0.25, 0.3) is 0 Å². The van der Waals surface area contributed by atoms with Crippen LogP contribution in [0.2, 0.25) is 0 Å². The van der Waals surface area contributed by atoms with E-state index < -0.39 is 0 Å². The van der Waals surface area contributed by atoms with E-state index in [1.807, 2.05) is 43.3 Å². The van der Waals surface area contributed by atoms with Crippen molar-refractivity contribution in [1.82, 2.24) is 9.88 Å². The van der Waals surface area contributed by atoms with Crippen molar-refractivity contribution < 1.29 is 9.53 Å². The fourth-order valence-corrected chi connectivity index (χ4v) is 3.17. The third-order valence-electron chi connectivity index (χ3n) is 4.51. The van der Waals surface area contributed by atoms with Gasteiger partial charge in [0.2, 0.25) is 5.91 Å². The Hall–Kier alpha value is -2.60. The van der Waals surface area contributed by atoms with Gasteiger partial charge in [-0.15, -0.1) is 0 Å². The maximum atomic E-state index is 12.3. The highest BCUT2D eigenvalue weighted by atomic mass is 16.5. The maximum absolute atomic E-state index is 12.3. The molecule has 3 rings (SSSR count). The van der Waals surface area contributed by atoms with Gasteiger partial charge in [-0.05, 0) is 62.2 Å². The fraction of sp³-hybridized carbons (Fsp3) is 0.400. The summed E-state index contributed by atoms with van der Waals surface area (Å²) in [6.07, 6.45) is 3.93. The minimum Gasteiger partial charge on any atom is -0.497 e. The van der Waals surface area contributed by atoms with Crippen LogP contribution in [0.1, 0.15) is 18.4 Å². The molecule has 2 N–H and O–H groups in total. The molecule has 1 aromatic heterocycles. The van der Waals surface area contributed by atoms with Gasteiger partial charge in [0.1, 0.15) is 11.6 Å². The summed E-state index contributed by atoms with van der Waals surface area (Å²) in [7, 11) is 1.67. The van der Waals surface area contributed by atoms with Crippen LogP contribution < -0.4 is 15.4 Å². The van der Waals surface area contributed by atoms with Crippen molar-refractivity contribution in [2.75, 3.05) is 37.4 Å². The minimum atomic E-state index is -0.0218. The number of hydrogen-bond donors (Lipinski definition) is 2. The fourth-order valence-electron chi connectivity index (χ4n) is 3.17. The maximum Gasteiger partial charge on any atom is 0.239 e. The van der Waals surface area contributed by atoms with Gasteiger partial charge in [0, 0.05) is 24.5 Å². The molecule has 1 saturated heterocycles. The van der Waals surface area contributed by atoms with Gasteiger partial charge >= 0.3 is 0 Å². The number of aryl methyl sites for hydroxylation is 1. The van der Waals surface area contributed by atoms with E-state index in [0.717, 1.165) is 42.9 Å². The van der Waals surface area contributed by atoms with Crippen LogP contribution in [0.5, 0.6) is 5.75 Å². The number of amides is 1. The number of likely N-dealkylation sites (tertiary alicyclic amines) is 1. The van der Waals surface area contributed by atoms with E-state index >= 15 is 0 Å². The number of carbonyl (C=O) groups is 1. The summed E-state index contributed by atoms with van der Waals surface area (Å²) in [5.74, 6) is 1.43. The van der Waals surface area contributed by atoms with Crippen LogP contribution >= 0.6 is 0 Å². The molecule has 6 heteroatoms. The number of nitrogens with zero attached hydrogens (tertiary/aromatic N) is 2. The van der Waals surface area contributed by atoms with Gasteiger partial charge in [0.15, 0.2) is 0 Å². The largest absolute Gasteiger partial charge is 0.497 e. The van der Waals surface area contributed by atoms with Gasteiger partial charge < -0.3 is 15.4 Å². The SMILES string of the molecule is COc1ccc(N[C@@H]2CCCN(CC(=O)Nc3ccc(C)cn3)C2)cc1. The van der Waals surface area contributed by atoms with Crippen molar-refractivity contribution in [2.45, 2.75) is 25.8 Å². The monoisotopic (exact) mass is 354 g/mol. The zero-order valence-corrected chi connectivity index (χ0v) is 15.4. The quantitative estimate of drug-likeness (QED) is 0.835. The van der Waals surface area contributed by atoms with E-state index in [4.69, 9.17) is 4.74 Å². The van der Waals surface area contributed by atoms with Gasteiger partial charge in [0.05, 0.1) is 13.7 Å². The molecular formula is C20H26N4O2. The molecule has 2 aromatic rings. The number of carbonyl (C=O) groups excluding carboxylic acids is 1. The van der Waals surface area contributed by atoms with Crippen molar-refractivity contribution >= 4 is 17.4 Å². The summed E-state index contributed by atoms with van der Waals surface area (Å²) < 4.78 is 5.19. The van der Waals surface area contributed by atoms with Gasteiger partial charge in [-0.2, -0.15) is 0 Å². The Balaban J connectivity index is 1.49. The molecule has 0 bridgehead atoms. The Morgan fingerprint density at radius 2 is 2.08 bits per heavy atom. The van der Waals surface area contributed by atoms with E-state index in [1.54, 1.807) is 13.3 Å². The predicted octanol–water partition coefficient (Wildman–Crippen LogP) is 2.91. The first-order valence-electron chi connectivity index (χ1n) is 8.98. The van der Waals surface area contributed by atoms with Gasteiger partial charge in [-0.25, -0.2) is 4.98 Å². The molecule has 0 unspecified atom stereocenters. The van der Waals surface area contributed by atoms with E-state index in [1.165, 1.54) is 0 Å². The number of methoxy groups -OCH3 is 1. The molecular weight excluding hydrogens is 328 g/mol. The third kappa shape index (κ3) is 5.20. The number of piperidine rings is 1. The lowest BCUT2D eigenvalue weighted by Gasteiger charge is -2.33. The number of hydrogen-bond acceptors (Lipinski definition) is 5. The number of ether oxygens (including phenoxy) is 1. The first-order chi connectivity index (χ1) is 12.6. The van der Waals surface area contributed by atoms with Gasteiger partial charge in [-0.3, -0.25) is 9.69 Å². The molecule has 26 heavy (non-hydrogen) atoms. The first-order valence-corrected chi connectivity index (χ1v) is 8.98. The van der Waals surface area contributed by atoms with Crippen molar-refractivity contribution in [3.05, 3.63) is 48.2 Å². The van der Waals surface area contributed by atoms with Crippen molar-refractivity contribution in [3.63, 3.8) is 0 Å². The van der Waals surface area contributed by atoms with Crippen molar-refractivity contribution in [1.29, 1.82) is 0 Å². The topological polar surface area (TPSA) is 66.5 Å². The molecule has 1 aromatic carbocycles. The summed E-state index contributed by atoms with van der Waals surface area (Å²) >= 11 is 0. The molecule has 1 fully saturated rings. The Morgan fingerprint density at radius 3 is 2.77 bits per heavy atom. The summed E-state index contributed by atoms with van der Waals surface area (Å²) in [6, 6.07) is 12.1. The van der Waals surface area contributed by atoms with Crippen LogP contribution in [0.4, 0.5) is 11.5 Å². The van der Waals surface area contributed by atoms with Crippen LogP contribution in [-0.2, 0) is 4.79 Å².